The number of anilines is 1. The van der Waals surface area contributed by atoms with Crippen LogP contribution in [0.2, 0.25) is 0 Å². The molecule has 0 aromatic heterocycles. The molecule has 1 fully saturated rings. The highest BCUT2D eigenvalue weighted by atomic mass is 79.9. The van der Waals surface area contributed by atoms with Crippen molar-refractivity contribution in [2.24, 2.45) is 11.7 Å². The van der Waals surface area contributed by atoms with Gasteiger partial charge in [0.2, 0.25) is 0 Å². The van der Waals surface area contributed by atoms with Crippen LogP contribution < -0.4 is 10.6 Å². The Morgan fingerprint density at radius 2 is 2.12 bits per heavy atom. The first-order valence-electron chi connectivity index (χ1n) is 5.97. The van der Waals surface area contributed by atoms with Crippen LogP contribution in [0.3, 0.4) is 0 Å². The van der Waals surface area contributed by atoms with E-state index >= 15 is 0 Å². The first-order chi connectivity index (χ1) is 7.72. The molecule has 0 unspecified atom stereocenters. The Kier molecular flexibility index (Phi) is 3.87. The molecule has 3 heteroatoms. The summed E-state index contributed by atoms with van der Waals surface area (Å²) in [6.07, 6.45) is 2.79. The van der Waals surface area contributed by atoms with Crippen LogP contribution in [0.1, 0.15) is 25.3 Å². The molecule has 2 rings (SSSR count). The molecule has 1 aromatic carbocycles. The summed E-state index contributed by atoms with van der Waals surface area (Å²) in [7, 11) is 0. The van der Waals surface area contributed by atoms with Crippen LogP contribution in [0, 0.1) is 5.92 Å². The zero-order chi connectivity index (χ0) is 11.5. The summed E-state index contributed by atoms with van der Waals surface area (Å²) in [6, 6.07) is 6.48. The third-order valence-corrected chi connectivity index (χ3v) is 3.56. The number of benzene rings is 1. The van der Waals surface area contributed by atoms with E-state index in [0.29, 0.717) is 6.54 Å². The van der Waals surface area contributed by atoms with Crippen molar-refractivity contribution >= 4 is 21.6 Å². The van der Waals surface area contributed by atoms with Gasteiger partial charge in [0.15, 0.2) is 0 Å². The van der Waals surface area contributed by atoms with E-state index in [1.807, 2.05) is 0 Å². The highest BCUT2D eigenvalue weighted by Crippen LogP contribution is 2.32. The molecule has 0 spiro atoms. The van der Waals surface area contributed by atoms with Crippen LogP contribution in [-0.2, 0) is 6.54 Å². The molecule has 2 nitrogen and oxygen atoms in total. The quantitative estimate of drug-likeness (QED) is 0.899. The minimum Gasteiger partial charge on any atom is -0.371 e. The van der Waals surface area contributed by atoms with Crippen molar-refractivity contribution < 1.29 is 0 Å². The Morgan fingerprint density at radius 1 is 1.38 bits per heavy atom. The van der Waals surface area contributed by atoms with Crippen molar-refractivity contribution in [3.63, 3.8) is 0 Å². The molecular formula is C13H19BrN2. The van der Waals surface area contributed by atoms with Gasteiger partial charge >= 0.3 is 0 Å². The Bertz CT molecular complexity index is 361. The van der Waals surface area contributed by atoms with Crippen LogP contribution in [-0.4, -0.2) is 13.1 Å². The summed E-state index contributed by atoms with van der Waals surface area (Å²) >= 11 is 3.55. The van der Waals surface area contributed by atoms with Crippen LogP contribution in [0.4, 0.5) is 5.69 Å². The van der Waals surface area contributed by atoms with Gasteiger partial charge in [0.1, 0.15) is 0 Å². The lowest BCUT2D eigenvalue weighted by molar-refractivity contribution is 0.741. The molecule has 0 amide bonds. The third-order valence-electron chi connectivity index (χ3n) is 3.10. The number of rotatable bonds is 5. The van der Waals surface area contributed by atoms with E-state index in [1.54, 1.807) is 0 Å². The molecule has 0 atom stereocenters. The first kappa shape index (κ1) is 11.9. The van der Waals surface area contributed by atoms with Crippen LogP contribution in [0.15, 0.2) is 22.7 Å². The number of nitrogens with two attached hydrogens (primary N) is 1. The summed E-state index contributed by atoms with van der Waals surface area (Å²) in [5.74, 6) is 0.917. The molecule has 0 bridgehead atoms. The molecule has 0 saturated heterocycles. The zero-order valence-electron chi connectivity index (χ0n) is 9.75. The van der Waals surface area contributed by atoms with E-state index in [-0.39, 0.29) is 0 Å². The van der Waals surface area contributed by atoms with Gasteiger partial charge in [-0.2, -0.15) is 0 Å². The summed E-state index contributed by atoms with van der Waals surface area (Å²) < 4.78 is 1.12. The predicted molar refractivity (Wildman–Crippen MR) is 72.6 cm³/mol. The molecule has 16 heavy (non-hydrogen) atoms. The van der Waals surface area contributed by atoms with E-state index in [0.717, 1.165) is 16.9 Å². The average molecular weight is 283 g/mol. The molecule has 2 N–H and O–H groups in total. The predicted octanol–water partition coefficient (Wildman–Crippen LogP) is 3.14. The fourth-order valence-electron chi connectivity index (χ4n) is 1.96. The van der Waals surface area contributed by atoms with Crippen molar-refractivity contribution in [1.82, 2.24) is 0 Å². The van der Waals surface area contributed by atoms with Crippen LogP contribution in [0.25, 0.3) is 0 Å². The third kappa shape index (κ3) is 2.98. The summed E-state index contributed by atoms with van der Waals surface area (Å²) in [5, 5.41) is 0. The second-order valence-corrected chi connectivity index (χ2v) is 5.42. The standard InChI is InChI=1S/C13H19BrN2/c1-2-16(9-10-3-4-10)13-6-11(8-15)5-12(14)7-13/h5-7,10H,2-4,8-9,15H2,1H3. The SMILES string of the molecule is CCN(CC1CC1)c1cc(Br)cc(CN)c1. The lowest BCUT2D eigenvalue weighted by atomic mass is 10.2. The monoisotopic (exact) mass is 282 g/mol. The Hall–Kier alpha value is -0.540. The Balaban J connectivity index is 2.17. The van der Waals surface area contributed by atoms with Crippen molar-refractivity contribution in [3.05, 3.63) is 28.2 Å². The molecule has 1 aromatic rings. The van der Waals surface area contributed by atoms with Gasteiger partial charge in [0.25, 0.3) is 0 Å². The van der Waals surface area contributed by atoms with E-state index in [4.69, 9.17) is 5.73 Å². The molecular weight excluding hydrogens is 264 g/mol. The van der Waals surface area contributed by atoms with Gasteiger partial charge in [-0.15, -0.1) is 0 Å². The summed E-state index contributed by atoms with van der Waals surface area (Å²) in [6.45, 7) is 5.08. The van der Waals surface area contributed by atoms with E-state index < -0.39 is 0 Å². The highest BCUT2D eigenvalue weighted by molar-refractivity contribution is 9.10. The number of hydrogen-bond donors (Lipinski definition) is 1. The van der Waals surface area contributed by atoms with Crippen molar-refractivity contribution in [3.8, 4) is 0 Å². The second kappa shape index (κ2) is 5.19. The fourth-order valence-corrected chi connectivity index (χ4v) is 2.49. The highest BCUT2D eigenvalue weighted by Gasteiger charge is 2.24. The second-order valence-electron chi connectivity index (χ2n) is 4.50. The lowest BCUT2D eigenvalue weighted by Crippen LogP contribution is -2.25. The van der Waals surface area contributed by atoms with Crippen LogP contribution in [0.5, 0.6) is 0 Å². The van der Waals surface area contributed by atoms with E-state index in [2.05, 4.69) is 46.0 Å². The number of nitrogens with zero attached hydrogens (tertiary/aromatic N) is 1. The maximum Gasteiger partial charge on any atom is 0.0380 e. The van der Waals surface area contributed by atoms with Gasteiger partial charge < -0.3 is 10.6 Å². The maximum atomic E-state index is 5.70. The van der Waals surface area contributed by atoms with Gasteiger partial charge in [-0.1, -0.05) is 15.9 Å². The zero-order valence-corrected chi connectivity index (χ0v) is 11.3. The lowest BCUT2D eigenvalue weighted by Gasteiger charge is -2.24. The average Bonchev–Trinajstić information content (AvgIpc) is 3.08. The minimum absolute atomic E-state index is 0.605. The van der Waals surface area contributed by atoms with Crippen molar-refractivity contribution in [1.29, 1.82) is 0 Å². The van der Waals surface area contributed by atoms with Gasteiger partial charge in [-0.3, -0.25) is 0 Å². The normalized spacial score (nSPS) is 15.2. The smallest absolute Gasteiger partial charge is 0.0380 e. The molecule has 1 aliphatic rings. The van der Waals surface area contributed by atoms with E-state index in [1.165, 1.54) is 30.6 Å². The van der Waals surface area contributed by atoms with Gasteiger partial charge in [0, 0.05) is 29.8 Å². The topological polar surface area (TPSA) is 29.3 Å². The fraction of sp³-hybridized carbons (Fsp3) is 0.538. The Morgan fingerprint density at radius 3 is 2.69 bits per heavy atom. The molecule has 0 radical (unpaired) electrons. The molecule has 1 saturated carbocycles. The summed E-state index contributed by atoms with van der Waals surface area (Å²) in [4.78, 5) is 2.45. The van der Waals surface area contributed by atoms with Crippen LogP contribution >= 0.6 is 15.9 Å². The van der Waals surface area contributed by atoms with Crippen molar-refractivity contribution in [2.75, 3.05) is 18.0 Å². The van der Waals surface area contributed by atoms with Gasteiger partial charge in [0.05, 0.1) is 0 Å². The molecule has 0 heterocycles. The number of hydrogen-bond acceptors (Lipinski definition) is 2. The van der Waals surface area contributed by atoms with Gasteiger partial charge in [-0.25, -0.2) is 0 Å². The minimum atomic E-state index is 0.605. The van der Waals surface area contributed by atoms with Crippen molar-refractivity contribution in [2.45, 2.75) is 26.3 Å². The first-order valence-corrected chi connectivity index (χ1v) is 6.76. The molecule has 0 aliphatic heterocycles. The maximum absolute atomic E-state index is 5.70. The number of halogens is 1. The van der Waals surface area contributed by atoms with Gasteiger partial charge in [-0.05, 0) is 49.4 Å². The van der Waals surface area contributed by atoms with E-state index in [9.17, 15) is 0 Å². The Labute approximate surface area is 106 Å². The largest absolute Gasteiger partial charge is 0.371 e. The summed E-state index contributed by atoms with van der Waals surface area (Å²) in [5.41, 5.74) is 8.19. The molecule has 88 valence electrons. The molecule has 1 aliphatic carbocycles.